The van der Waals surface area contributed by atoms with E-state index in [1.807, 2.05) is 24.0 Å². The van der Waals surface area contributed by atoms with Gasteiger partial charge in [0.25, 0.3) is 0 Å². The van der Waals surface area contributed by atoms with Crippen LogP contribution < -0.4 is 0 Å². The largest absolute Gasteiger partial charge is 0.338 e. The number of aryl methyl sites for hydroxylation is 3. The highest BCUT2D eigenvalue weighted by Gasteiger charge is 2.02. The molecule has 0 spiro atoms. The number of aromatic nitrogens is 5. The van der Waals surface area contributed by atoms with Crippen molar-refractivity contribution in [1.29, 1.82) is 0 Å². The van der Waals surface area contributed by atoms with Crippen LogP contribution in [-0.4, -0.2) is 24.5 Å². The Kier molecular flexibility index (Phi) is 3.01. The summed E-state index contributed by atoms with van der Waals surface area (Å²) in [4.78, 5) is 4.23. The Hall–Kier alpha value is -1.36. The molecule has 0 aliphatic heterocycles. The lowest BCUT2D eigenvalue weighted by molar-refractivity contribution is 0.569. The van der Waals surface area contributed by atoms with E-state index in [9.17, 15) is 0 Å². The maximum absolute atomic E-state index is 5.63. The Balaban J connectivity index is 1.96. The molecule has 6 heteroatoms. The number of rotatable bonds is 4. The Morgan fingerprint density at radius 2 is 2.33 bits per heavy atom. The highest BCUT2D eigenvalue weighted by molar-refractivity contribution is 6.16. The number of imidazole rings is 1. The summed E-state index contributed by atoms with van der Waals surface area (Å²) in [6, 6.07) is 0. The van der Waals surface area contributed by atoms with Gasteiger partial charge in [-0.05, 0) is 0 Å². The van der Waals surface area contributed by atoms with Crippen LogP contribution in [0, 0.1) is 0 Å². The summed E-state index contributed by atoms with van der Waals surface area (Å²) in [6.07, 6.45) is 6.42. The fourth-order valence-corrected chi connectivity index (χ4v) is 1.48. The first-order chi connectivity index (χ1) is 7.29. The first-order valence-electron chi connectivity index (χ1n) is 4.71. The van der Waals surface area contributed by atoms with Gasteiger partial charge >= 0.3 is 0 Å². The molecule has 0 aliphatic carbocycles. The molecule has 0 saturated carbocycles. The summed E-state index contributed by atoms with van der Waals surface area (Å²) in [5.74, 6) is 1.44. The second-order valence-corrected chi connectivity index (χ2v) is 3.58. The first-order valence-corrected chi connectivity index (χ1v) is 5.24. The number of alkyl halides is 1. The molecule has 0 unspecified atom stereocenters. The minimum atomic E-state index is 0.405. The highest BCUT2D eigenvalue weighted by Crippen LogP contribution is 2.00. The van der Waals surface area contributed by atoms with Gasteiger partial charge in [-0.3, -0.25) is 4.68 Å². The van der Waals surface area contributed by atoms with Crippen molar-refractivity contribution in [2.75, 3.05) is 0 Å². The molecule has 5 nitrogen and oxygen atoms in total. The molecule has 0 saturated heterocycles. The van der Waals surface area contributed by atoms with Crippen molar-refractivity contribution >= 4 is 11.6 Å². The fraction of sp³-hybridized carbons (Fsp3) is 0.444. The molecule has 80 valence electrons. The zero-order chi connectivity index (χ0) is 10.7. The smallest absolute Gasteiger partial charge is 0.110 e. The summed E-state index contributed by atoms with van der Waals surface area (Å²) >= 11 is 5.63. The van der Waals surface area contributed by atoms with Gasteiger partial charge in [0.1, 0.15) is 5.82 Å². The Morgan fingerprint density at radius 3 is 2.93 bits per heavy atom. The van der Waals surface area contributed by atoms with Crippen molar-refractivity contribution in [2.45, 2.75) is 18.8 Å². The predicted octanol–water partition coefficient (Wildman–Crippen LogP) is 0.993. The summed E-state index contributed by atoms with van der Waals surface area (Å²) in [5.41, 5.74) is 0.802. The Morgan fingerprint density at radius 1 is 1.47 bits per heavy atom. The molecular weight excluding hydrogens is 214 g/mol. The molecule has 0 bridgehead atoms. The topological polar surface area (TPSA) is 48.5 Å². The van der Waals surface area contributed by atoms with Crippen LogP contribution >= 0.6 is 11.6 Å². The van der Waals surface area contributed by atoms with E-state index in [4.69, 9.17) is 11.6 Å². The number of hydrogen-bond acceptors (Lipinski definition) is 3. The van der Waals surface area contributed by atoms with Gasteiger partial charge in [-0.25, -0.2) is 4.98 Å². The molecule has 2 rings (SSSR count). The van der Waals surface area contributed by atoms with Crippen LogP contribution in [0.1, 0.15) is 11.5 Å². The second-order valence-electron chi connectivity index (χ2n) is 3.31. The van der Waals surface area contributed by atoms with Gasteiger partial charge < -0.3 is 4.57 Å². The third kappa shape index (κ3) is 2.36. The quantitative estimate of drug-likeness (QED) is 0.730. The van der Waals surface area contributed by atoms with Crippen molar-refractivity contribution in [3.63, 3.8) is 0 Å². The van der Waals surface area contributed by atoms with Crippen LogP contribution in [0.15, 0.2) is 18.6 Å². The molecule has 0 aromatic carbocycles. The maximum atomic E-state index is 5.63. The average Bonchev–Trinajstić information content (AvgIpc) is 2.84. The average molecular weight is 226 g/mol. The third-order valence-electron chi connectivity index (χ3n) is 2.21. The summed E-state index contributed by atoms with van der Waals surface area (Å²) < 4.78 is 3.78. The van der Waals surface area contributed by atoms with Crippen LogP contribution in [-0.2, 0) is 25.9 Å². The molecule has 0 aliphatic rings. The van der Waals surface area contributed by atoms with Crippen LogP contribution in [0.2, 0.25) is 0 Å². The Labute approximate surface area is 92.7 Å². The number of halogens is 1. The van der Waals surface area contributed by atoms with Gasteiger partial charge in [0.15, 0.2) is 0 Å². The predicted molar refractivity (Wildman–Crippen MR) is 56.5 cm³/mol. The maximum Gasteiger partial charge on any atom is 0.110 e. The zero-order valence-corrected chi connectivity index (χ0v) is 9.22. The molecule has 0 radical (unpaired) electrons. The van der Waals surface area contributed by atoms with Gasteiger partial charge in [-0.2, -0.15) is 0 Å². The molecule has 2 heterocycles. The first kappa shape index (κ1) is 10.2. The standard InChI is InChI=1S/C9H12ClN5/c1-14-5-3-11-9(14)2-4-15-7-8(6-10)12-13-15/h3,5,7H,2,4,6H2,1H3. The third-order valence-corrected chi connectivity index (χ3v) is 2.48. The van der Waals surface area contributed by atoms with Crippen LogP contribution in [0.5, 0.6) is 0 Å². The van der Waals surface area contributed by atoms with Crippen molar-refractivity contribution < 1.29 is 0 Å². The monoisotopic (exact) mass is 225 g/mol. The van der Waals surface area contributed by atoms with Crippen molar-refractivity contribution in [3.05, 3.63) is 30.1 Å². The van der Waals surface area contributed by atoms with Crippen LogP contribution in [0.3, 0.4) is 0 Å². The lowest BCUT2D eigenvalue weighted by atomic mass is 10.4. The highest BCUT2D eigenvalue weighted by atomic mass is 35.5. The van der Waals surface area contributed by atoms with Crippen LogP contribution in [0.25, 0.3) is 0 Å². The van der Waals surface area contributed by atoms with Crippen molar-refractivity contribution in [3.8, 4) is 0 Å². The van der Waals surface area contributed by atoms with E-state index in [1.54, 1.807) is 10.9 Å². The molecule has 0 atom stereocenters. The van der Waals surface area contributed by atoms with E-state index in [1.165, 1.54) is 0 Å². The van der Waals surface area contributed by atoms with E-state index >= 15 is 0 Å². The minimum absolute atomic E-state index is 0.405. The molecular formula is C9H12ClN5. The van der Waals surface area contributed by atoms with Gasteiger partial charge in [0.05, 0.1) is 11.6 Å². The second kappa shape index (κ2) is 4.44. The van der Waals surface area contributed by atoms with E-state index in [2.05, 4.69) is 15.3 Å². The molecule has 0 amide bonds. The van der Waals surface area contributed by atoms with Gasteiger partial charge in [0, 0.05) is 38.6 Å². The molecule has 0 N–H and O–H groups in total. The lowest BCUT2D eigenvalue weighted by Gasteiger charge is -2.00. The summed E-state index contributed by atoms with van der Waals surface area (Å²) in [5, 5.41) is 7.87. The van der Waals surface area contributed by atoms with E-state index < -0.39 is 0 Å². The fourth-order valence-electron chi connectivity index (χ4n) is 1.36. The van der Waals surface area contributed by atoms with Crippen molar-refractivity contribution in [2.24, 2.45) is 7.05 Å². The Bertz CT molecular complexity index is 433. The van der Waals surface area contributed by atoms with E-state index in [0.29, 0.717) is 5.88 Å². The van der Waals surface area contributed by atoms with Crippen LogP contribution in [0.4, 0.5) is 0 Å². The van der Waals surface area contributed by atoms with E-state index in [0.717, 1.165) is 24.5 Å². The van der Waals surface area contributed by atoms with E-state index in [-0.39, 0.29) is 0 Å². The van der Waals surface area contributed by atoms with Gasteiger partial charge in [-0.15, -0.1) is 16.7 Å². The SMILES string of the molecule is Cn1ccnc1CCn1cc(CCl)nn1. The number of nitrogens with zero attached hydrogens (tertiary/aromatic N) is 5. The van der Waals surface area contributed by atoms with Gasteiger partial charge in [0.2, 0.25) is 0 Å². The minimum Gasteiger partial charge on any atom is -0.338 e. The molecule has 0 fully saturated rings. The van der Waals surface area contributed by atoms with Gasteiger partial charge in [-0.1, -0.05) is 5.21 Å². The summed E-state index contributed by atoms with van der Waals surface area (Å²) in [7, 11) is 1.98. The zero-order valence-electron chi connectivity index (χ0n) is 8.47. The normalized spacial score (nSPS) is 10.8. The number of hydrogen-bond donors (Lipinski definition) is 0. The molecule has 15 heavy (non-hydrogen) atoms. The molecule has 2 aromatic heterocycles. The van der Waals surface area contributed by atoms with Crippen molar-refractivity contribution in [1.82, 2.24) is 24.5 Å². The molecule has 2 aromatic rings. The summed E-state index contributed by atoms with van der Waals surface area (Å²) in [6.45, 7) is 0.773. The lowest BCUT2D eigenvalue weighted by Crippen LogP contribution is -2.06.